The van der Waals surface area contributed by atoms with Crippen molar-refractivity contribution in [2.45, 2.75) is 26.2 Å². The molecule has 0 saturated carbocycles. The van der Waals surface area contributed by atoms with Crippen molar-refractivity contribution in [1.29, 1.82) is 0 Å². The lowest BCUT2D eigenvalue weighted by atomic mass is 10.1. The van der Waals surface area contributed by atoms with Crippen LogP contribution in [0.5, 0.6) is 0 Å². The summed E-state index contributed by atoms with van der Waals surface area (Å²) in [4.78, 5) is 0. The SMILES string of the molecule is CO/C(=C\OC(C)OC)CN1NC(C)C=C1c1ccccc1Cl. The van der Waals surface area contributed by atoms with Gasteiger partial charge in [0.15, 0.2) is 12.0 Å². The quantitative estimate of drug-likeness (QED) is 0.610. The van der Waals surface area contributed by atoms with Crippen LogP contribution in [-0.4, -0.2) is 38.1 Å². The summed E-state index contributed by atoms with van der Waals surface area (Å²) < 4.78 is 15.9. The lowest BCUT2D eigenvalue weighted by Gasteiger charge is -2.25. The van der Waals surface area contributed by atoms with Crippen molar-refractivity contribution >= 4 is 17.3 Å². The van der Waals surface area contributed by atoms with Crippen LogP contribution < -0.4 is 5.43 Å². The first-order valence-corrected chi connectivity index (χ1v) is 7.84. The number of methoxy groups -OCH3 is 2. The molecule has 1 aliphatic rings. The minimum absolute atomic E-state index is 0.207. The molecule has 2 atom stereocenters. The minimum atomic E-state index is -0.329. The second-order valence-electron chi connectivity index (χ2n) is 5.26. The topological polar surface area (TPSA) is 43.0 Å². The van der Waals surface area contributed by atoms with Crippen LogP contribution in [0.25, 0.3) is 5.70 Å². The molecule has 126 valence electrons. The summed E-state index contributed by atoms with van der Waals surface area (Å²) in [5, 5.41) is 2.72. The standard InChI is InChI=1S/C17H23ClN2O3/c1-12-9-17(15-7-5-6-8-16(15)18)20(19-12)10-14(22-4)11-23-13(2)21-3/h5-9,11-13,19H,10H2,1-4H3/b14-11-. The van der Waals surface area contributed by atoms with E-state index in [0.717, 1.165) is 11.3 Å². The Morgan fingerprint density at radius 2 is 2.13 bits per heavy atom. The van der Waals surface area contributed by atoms with Gasteiger partial charge in [-0.2, -0.15) is 0 Å². The molecule has 2 unspecified atom stereocenters. The predicted molar refractivity (Wildman–Crippen MR) is 91.4 cm³/mol. The molecule has 0 saturated heterocycles. The Morgan fingerprint density at radius 3 is 2.78 bits per heavy atom. The number of rotatable bonds is 7. The van der Waals surface area contributed by atoms with E-state index in [4.69, 9.17) is 25.8 Å². The van der Waals surface area contributed by atoms with Gasteiger partial charge in [-0.25, -0.2) is 5.43 Å². The zero-order valence-electron chi connectivity index (χ0n) is 13.9. The lowest BCUT2D eigenvalue weighted by molar-refractivity contribution is -0.0711. The first kappa shape index (κ1) is 17.7. The molecule has 0 amide bonds. The maximum atomic E-state index is 6.33. The molecule has 1 heterocycles. The van der Waals surface area contributed by atoms with Gasteiger partial charge in [-0.05, 0) is 26.0 Å². The fourth-order valence-electron chi connectivity index (χ4n) is 2.25. The molecular weight excluding hydrogens is 316 g/mol. The Morgan fingerprint density at radius 1 is 1.39 bits per heavy atom. The van der Waals surface area contributed by atoms with Gasteiger partial charge in [0.25, 0.3) is 0 Å². The Kier molecular flexibility index (Phi) is 6.33. The molecule has 6 heteroatoms. The van der Waals surface area contributed by atoms with Crippen LogP contribution >= 0.6 is 11.6 Å². The minimum Gasteiger partial charge on any atom is -0.496 e. The van der Waals surface area contributed by atoms with E-state index in [2.05, 4.69) is 18.4 Å². The summed E-state index contributed by atoms with van der Waals surface area (Å²) in [6.45, 7) is 4.40. The highest BCUT2D eigenvalue weighted by Crippen LogP contribution is 2.29. The number of hydrazine groups is 1. The average Bonchev–Trinajstić information content (AvgIpc) is 2.91. The number of nitrogens with zero attached hydrogens (tertiary/aromatic N) is 1. The van der Waals surface area contributed by atoms with Gasteiger partial charge in [0.1, 0.15) is 6.26 Å². The van der Waals surface area contributed by atoms with Crippen molar-refractivity contribution in [3.8, 4) is 0 Å². The van der Waals surface area contributed by atoms with Crippen molar-refractivity contribution < 1.29 is 14.2 Å². The molecule has 1 aromatic carbocycles. The number of ether oxygens (including phenoxy) is 3. The third-order valence-electron chi connectivity index (χ3n) is 3.51. The van der Waals surface area contributed by atoms with E-state index in [9.17, 15) is 0 Å². The summed E-state index contributed by atoms with van der Waals surface area (Å²) in [6, 6.07) is 7.98. The van der Waals surface area contributed by atoms with Crippen LogP contribution in [0.3, 0.4) is 0 Å². The zero-order valence-corrected chi connectivity index (χ0v) is 14.6. The van der Waals surface area contributed by atoms with Gasteiger partial charge in [-0.15, -0.1) is 0 Å². The first-order chi connectivity index (χ1) is 11.0. The Hall–Kier alpha value is -1.69. The summed E-state index contributed by atoms with van der Waals surface area (Å²) in [5.41, 5.74) is 5.37. The number of benzene rings is 1. The van der Waals surface area contributed by atoms with Gasteiger partial charge in [0.05, 0.1) is 19.4 Å². The van der Waals surface area contributed by atoms with Crippen molar-refractivity contribution in [2.24, 2.45) is 0 Å². The molecule has 0 aliphatic carbocycles. The van der Waals surface area contributed by atoms with Gasteiger partial charge in [-0.1, -0.05) is 29.8 Å². The van der Waals surface area contributed by atoms with Crippen LogP contribution in [0.15, 0.2) is 42.4 Å². The Labute approximate surface area is 142 Å². The van der Waals surface area contributed by atoms with Crippen molar-refractivity contribution in [3.05, 3.63) is 52.9 Å². The Bertz CT molecular complexity index is 589. The second-order valence-corrected chi connectivity index (χ2v) is 5.67. The average molecular weight is 339 g/mol. The van der Waals surface area contributed by atoms with Gasteiger partial charge in [-0.3, -0.25) is 5.01 Å². The van der Waals surface area contributed by atoms with E-state index < -0.39 is 0 Å². The highest BCUT2D eigenvalue weighted by molar-refractivity contribution is 6.32. The van der Waals surface area contributed by atoms with Crippen LogP contribution in [0, 0.1) is 0 Å². The molecule has 23 heavy (non-hydrogen) atoms. The molecule has 2 rings (SSSR count). The molecule has 0 radical (unpaired) electrons. The monoisotopic (exact) mass is 338 g/mol. The van der Waals surface area contributed by atoms with Gasteiger partial charge < -0.3 is 14.2 Å². The van der Waals surface area contributed by atoms with E-state index in [0.29, 0.717) is 17.3 Å². The van der Waals surface area contributed by atoms with Crippen LogP contribution in [0.4, 0.5) is 0 Å². The van der Waals surface area contributed by atoms with Crippen molar-refractivity contribution in [1.82, 2.24) is 10.4 Å². The van der Waals surface area contributed by atoms with E-state index in [1.54, 1.807) is 20.5 Å². The van der Waals surface area contributed by atoms with Crippen LogP contribution in [0.2, 0.25) is 5.02 Å². The summed E-state index contributed by atoms with van der Waals surface area (Å²) in [5.74, 6) is 0.674. The zero-order chi connectivity index (χ0) is 16.8. The normalized spacial score (nSPS) is 19.5. The highest BCUT2D eigenvalue weighted by atomic mass is 35.5. The molecule has 0 fully saturated rings. The lowest BCUT2D eigenvalue weighted by Crippen LogP contribution is -2.37. The summed E-state index contributed by atoms with van der Waals surface area (Å²) in [6.07, 6.45) is 3.38. The fourth-order valence-corrected chi connectivity index (χ4v) is 2.48. The van der Waals surface area contributed by atoms with E-state index in [-0.39, 0.29) is 12.3 Å². The molecule has 0 spiro atoms. The molecule has 5 nitrogen and oxygen atoms in total. The molecule has 1 N–H and O–H groups in total. The van der Waals surface area contributed by atoms with Crippen LogP contribution in [0.1, 0.15) is 19.4 Å². The number of hydrogen-bond acceptors (Lipinski definition) is 5. The Balaban J connectivity index is 2.15. The largest absolute Gasteiger partial charge is 0.496 e. The van der Waals surface area contributed by atoms with E-state index >= 15 is 0 Å². The highest BCUT2D eigenvalue weighted by Gasteiger charge is 2.23. The van der Waals surface area contributed by atoms with Gasteiger partial charge in [0, 0.05) is 23.7 Å². The molecular formula is C17H23ClN2O3. The first-order valence-electron chi connectivity index (χ1n) is 7.47. The number of nitrogens with one attached hydrogen (secondary N) is 1. The third kappa shape index (κ3) is 4.64. The predicted octanol–water partition coefficient (Wildman–Crippen LogP) is 3.39. The number of halogens is 1. The number of hydrogen-bond donors (Lipinski definition) is 1. The van der Waals surface area contributed by atoms with Gasteiger partial charge >= 0.3 is 0 Å². The van der Waals surface area contributed by atoms with E-state index in [1.165, 1.54) is 0 Å². The van der Waals surface area contributed by atoms with Gasteiger partial charge in [0.2, 0.25) is 0 Å². The van der Waals surface area contributed by atoms with Crippen LogP contribution in [-0.2, 0) is 14.2 Å². The van der Waals surface area contributed by atoms with E-state index in [1.807, 2.05) is 36.2 Å². The smallest absolute Gasteiger partial charge is 0.195 e. The van der Waals surface area contributed by atoms with Crippen molar-refractivity contribution in [2.75, 3.05) is 20.8 Å². The third-order valence-corrected chi connectivity index (χ3v) is 3.84. The molecule has 0 aromatic heterocycles. The second kappa shape index (κ2) is 8.24. The maximum Gasteiger partial charge on any atom is 0.195 e. The molecule has 1 aromatic rings. The fraction of sp³-hybridized carbons (Fsp3) is 0.412. The molecule has 1 aliphatic heterocycles. The maximum absolute atomic E-state index is 6.33. The summed E-state index contributed by atoms with van der Waals surface area (Å²) >= 11 is 6.33. The van der Waals surface area contributed by atoms with Crippen molar-refractivity contribution in [3.63, 3.8) is 0 Å². The molecule has 0 bridgehead atoms. The summed E-state index contributed by atoms with van der Waals surface area (Å²) in [7, 11) is 3.21.